The van der Waals surface area contributed by atoms with E-state index in [4.69, 9.17) is 0 Å². The van der Waals surface area contributed by atoms with Crippen LogP contribution in [0.3, 0.4) is 0 Å². The van der Waals surface area contributed by atoms with E-state index in [0.29, 0.717) is 12.4 Å². The van der Waals surface area contributed by atoms with Crippen molar-refractivity contribution in [3.8, 4) is 0 Å². The molecule has 0 aliphatic carbocycles. The molecule has 1 aliphatic heterocycles. The molecule has 0 aromatic carbocycles. The number of likely N-dealkylation sites (tertiary alicyclic amines) is 1. The Kier molecular flexibility index (Phi) is 4.08. The smallest absolute Gasteiger partial charge is 0.240 e. The van der Waals surface area contributed by atoms with Crippen LogP contribution in [0.1, 0.15) is 32.0 Å². The molecule has 1 aromatic rings. The second-order valence-electron chi connectivity index (χ2n) is 4.26. The molecule has 1 saturated heterocycles. The van der Waals surface area contributed by atoms with Crippen molar-refractivity contribution in [3.63, 3.8) is 0 Å². The molecule has 1 fully saturated rings. The zero-order valence-corrected chi connectivity index (χ0v) is 10.1. The van der Waals surface area contributed by atoms with Crippen molar-refractivity contribution < 1.29 is 9.32 Å². The lowest BCUT2D eigenvalue weighted by atomic mass is 10.0. The quantitative estimate of drug-likeness (QED) is 0.811. The fourth-order valence-electron chi connectivity index (χ4n) is 2.04. The molecule has 0 saturated carbocycles. The Balaban J connectivity index is 1.91. The molecule has 0 bridgehead atoms. The van der Waals surface area contributed by atoms with Crippen LogP contribution in [-0.4, -0.2) is 40.1 Å². The third-order valence-electron chi connectivity index (χ3n) is 2.91. The maximum atomic E-state index is 12.1. The van der Waals surface area contributed by atoms with Crippen LogP contribution >= 0.6 is 0 Å². The van der Waals surface area contributed by atoms with Crippen molar-refractivity contribution in [2.24, 2.45) is 0 Å². The summed E-state index contributed by atoms with van der Waals surface area (Å²) >= 11 is 0. The van der Waals surface area contributed by atoms with Crippen molar-refractivity contribution in [3.05, 3.63) is 12.2 Å². The summed E-state index contributed by atoms with van der Waals surface area (Å²) in [6, 6.07) is -0.0457. The topological polar surface area (TPSA) is 71.3 Å². The lowest BCUT2D eigenvalue weighted by Crippen LogP contribution is -2.50. The van der Waals surface area contributed by atoms with Crippen molar-refractivity contribution in [2.45, 2.75) is 38.8 Å². The van der Waals surface area contributed by atoms with E-state index in [0.717, 1.165) is 32.4 Å². The van der Waals surface area contributed by atoms with Crippen LogP contribution in [0.15, 0.2) is 10.9 Å². The first-order chi connectivity index (χ1) is 8.31. The lowest BCUT2D eigenvalue weighted by Gasteiger charge is -2.31. The van der Waals surface area contributed by atoms with E-state index >= 15 is 0 Å². The van der Waals surface area contributed by atoms with Gasteiger partial charge >= 0.3 is 0 Å². The van der Waals surface area contributed by atoms with E-state index in [1.165, 1.54) is 6.39 Å². The number of hydrogen-bond donors (Lipinski definition) is 1. The van der Waals surface area contributed by atoms with E-state index < -0.39 is 0 Å². The van der Waals surface area contributed by atoms with E-state index in [2.05, 4.69) is 26.9 Å². The number of nitrogens with zero attached hydrogens (tertiary/aromatic N) is 3. The Morgan fingerprint density at radius 1 is 1.65 bits per heavy atom. The molecule has 1 atom stereocenters. The number of piperidine rings is 1. The highest BCUT2D eigenvalue weighted by molar-refractivity contribution is 5.82. The van der Waals surface area contributed by atoms with Gasteiger partial charge in [0.25, 0.3) is 0 Å². The summed E-state index contributed by atoms with van der Waals surface area (Å²) in [4.78, 5) is 17.9. The normalized spacial score (nSPS) is 20.9. The van der Waals surface area contributed by atoms with Crippen LogP contribution in [0.5, 0.6) is 0 Å². The average molecular weight is 238 g/mol. The van der Waals surface area contributed by atoms with E-state index in [1.807, 2.05) is 0 Å². The molecule has 94 valence electrons. The molecule has 1 aliphatic rings. The minimum Gasteiger partial charge on any atom is -0.343 e. The number of aromatic nitrogens is 2. The van der Waals surface area contributed by atoms with Crippen LogP contribution in [0, 0.1) is 0 Å². The van der Waals surface area contributed by atoms with Crippen LogP contribution in [-0.2, 0) is 11.3 Å². The molecule has 6 heteroatoms. The fraction of sp³-hybridized carbons (Fsp3) is 0.727. The third kappa shape index (κ3) is 3.03. The molecule has 1 amide bonds. The predicted octanol–water partition coefficient (Wildman–Crippen LogP) is 0.560. The Morgan fingerprint density at radius 2 is 2.53 bits per heavy atom. The van der Waals surface area contributed by atoms with Gasteiger partial charge in [-0.15, -0.1) is 0 Å². The zero-order chi connectivity index (χ0) is 12.1. The first-order valence-electron chi connectivity index (χ1n) is 6.08. The fourth-order valence-corrected chi connectivity index (χ4v) is 2.04. The Labute approximate surface area is 100 Å². The maximum Gasteiger partial charge on any atom is 0.240 e. The van der Waals surface area contributed by atoms with Crippen molar-refractivity contribution in [1.82, 2.24) is 20.4 Å². The van der Waals surface area contributed by atoms with Crippen molar-refractivity contribution >= 4 is 5.91 Å². The Hall–Kier alpha value is -1.43. The van der Waals surface area contributed by atoms with E-state index in [-0.39, 0.29) is 11.9 Å². The van der Waals surface area contributed by atoms with E-state index in [9.17, 15) is 4.79 Å². The summed E-state index contributed by atoms with van der Waals surface area (Å²) in [5.41, 5.74) is 0. The van der Waals surface area contributed by atoms with Gasteiger partial charge in [0.15, 0.2) is 5.82 Å². The summed E-state index contributed by atoms with van der Waals surface area (Å²) in [6.07, 6.45) is 4.26. The number of nitrogens with one attached hydrogen (secondary N) is 1. The van der Waals surface area contributed by atoms with Crippen molar-refractivity contribution in [1.29, 1.82) is 0 Å². The summed E-state index contributed by atoms with van der Waals surface area (Å²) in [6.45, 7) is 4.20. The van der Waals surface area contributed by atoms with Crippen molar-refractivity contribution in [2.75, 3.05) is 13.1 Å². The highest BCUT2D eigenvalue weighted by Crippen LogP contribution is 2.13. The summed E-state index contributed by atoms with van der Waals surface area (Å²) in [5, 5.41) is 7.01. The molecular weight excluding hydrogens is 220 g/mol. The standard InChI is InChI=1S/C11H18N4O2/c1-2-5-12-9-4-3-6-15(11(9)16)7-10-13-8-17-14-10/h8-9,12H,2-7H2,1H3. The van der Waals surface area contributed by atoms with Crippen LogP contribution in [0.25, 0.3) is 0 Å². The third-order valence-corrected chi connectivity index (χ3v) is 2.91. The molecule has 0 spiro atoms. The second kappa shape index (κ2) is 5.77. The minimum atomic E-state index is -0.0457. The molecule has 0 radical (unpaired) electrons. The van der Waals surface area contributed by atoms with Gasteiger partial charge in [-0.3, -0.25) is 4.79 Å². The van der Waals surface area contributed by atoms with Gasteiger partial charge in [-0.25, -0.2) is 0 Å². The molecule has 1 aromatic heterocycles. The monoisotopic (exact) mass is 238 g/mol. The summed E-state index contributed by atoms with van der Waals surface area (Å²) < 4.78 is 4.67. The Morgan fingerprint density at radius 3 is 3.24 bits per heavy atom. The van der Waals surface area contributed by atoms with E-state index in [1.54, 1.807) is 4.90 Å². The lowest BCUT2D eigenvalue weighted by molar-refractivity contribution is -0.136. The first-order valence-corrected chi connectivity index (χ1v) is 6.08. The summed E-state index contributed by atoms with van der Waals surface area (Å²) in [7, 11) is 0. The van der Waals surface area contributed by atoms with Gasteiger partial charge in [0.2, 0.25) is 12.3 Å². The van der Waals surface area contributed by atoms with Gasteiger partial charge < -0.3 is 14.7 Å². The molecule has 1 N–H and O–H groups in total. The number of rotatable bonds is 5. The first kappa shape index (κ1) is 12.0. The Bertz CT molecular complexity index is 352. The van der Waals surface area contributed by atoms with Gasteiger partial charge in [0, 0.05) is 6.54 Å². The molecule has 6 nitrogen and oxygen atoms in total. The number of carbonyl (C=O) groups is 1. The van der Waals surface area contributed by atoms with Gasteiger partial charge in [-0.05, 0) is 25.8 Å². The minimum absolute atomic E-state index is 0.0457. The number of hydrogen-bond acceptors (Lipinski definition) is 5. The highest BCUT2D eigenvalue weighted by Gasteiger charge is 2.28. The van der Waals surface area contributed by atoms with Gasteiger partial charge in [0.05, 0.1) is 12.6 Å². The maximum absolute atomic E-state index is 12.1. The van der Waals surface area contributed by atoms with Gasteiger partial charge in [0.1, 0.15) is 0 Å². The zero-order valence-electron chi connectivity index (χ0n) is 10.1. The molecule has 1 unspecified atom stereocenters. The average Bonchev–Trinajstić information content (AvgIpc) is 2.83. The van der Waals surface area contributed by atoms with Crippen LogP contribution in [0.4, 0.5) is 0 Å². The highest BCUT2D eigenvalue weighted by atomic mass is 16.5. The van der Waals surface area contributed by atoms with Gasteiger partial charge in [-0.1, -0.05) is 12.1 Å². The van der Waals surface area contributed by atoms with Gasteiger partial charge in [-0.2, -0.15) is 4.98 Å². The predicted molar refractivity (Wildman–Crippen MR) is 61.0 cm³/mol. The SMILES string of the molecule is CCCNC1CCCN(Cc2ncon2)C1=O. The van der Waals surface area contributed by atoms with Crippen LogP contribution in [0.2, 0.25) is 0 Å². The molecule has 2 heterocycles. The molecule has 17 heavy (non-hydrogen) atoms. The largest absolute Gasteiger partial charge is 0.343 e. The number of carbonyl (C=O) groups excluding carboxylic acids is 1. The van der Waals surface area contributed by atoms with Crippen LogP contribution < -0.4 is 5.32 Å². The molecular formula is C11H18N4O2. The summed E-state index contributed by atoms with van der Waals surface area (Å²) in [5.74, 6) is 0.712. The second-order valence-corrected chi connectivity index (χ2v) is 4.26. The molecule has 2 rings (SSSR count). The number of amides is 1.